The molecule has 26 heavy (non-hydrogen) atoms. The Morgan fingerprint density at radius 2 is 2.04 bits per heavy atom. The van der Waals surface area contributed by atoms with E-state index < -0.39 is 0 Å². The monoisotopic (exact) mass is 351 g/mol. The van der Waals surface area contributed by atoms with Gasteiger partial charge in [0.05, 0.1) is 30.0 Å². The van der Waals surface area contributed by atoms with Crippen LogP contribution in [-0.2, 0) is 4.74 Å². The molecule has 0 unspecified atom stereocenters. The highest BCUT2D eigenvalue weighted by Gasteiger charge is 2.11. The summed E-state index contributed by atoms with van der Waals surface area (Å²) in [5, 5.41) is 15.1. The van der Waals surface area contributed by atoms with Crippen LogP contribution in [0.1, 0.15) is 15.9 Å². The third-order valence-corrected chi connectivity index (χ3v) is 4.16. The van der Waals surface area contributed by atoms with Crippen LogP contribution in [0.15, 0.2) is 42.6 Å². The van der Waals surface area contributed by atoms with Gasteiger partial charge in [0.1, 0.15) is 11.9 Å². The first kappa shape index (κ1) is 17.9. The molecule has 2 heterocycles. The maximum atomic E-state index is 12.3. The summed E-state index contributed by atoms with van der Waals surface area (Å²) < 4.78 is 5.33. The van der Waals surface area contributed by atoms with Crippen LogP contribution in [0.2, 0.25) is 0 Å². The number of nitrogens with zero attached hydrogens (tertiary/aromatic N) is 3. The molecule has 7 heteroatoms. The van der Waals surface area contributed by atoms with Crippen molar-refractivity contribution in [2.75, 3.05) is 50.0 Å². The molecule has 2 aromatic rings. The van der Waals surface area contributed by atoms with Gasteiger partial charge in [0.25, 0.3) is 5.91 Å². The molecule has 1 amide bonds. The van der Waals surface area contributed by atoms with Crippen LogP contribution in [0.5, 0.6) is 0 Å². The minimum Gasteiger partial charge on any atom is -0.379 e. The minimum atomic E-state index is -0.292. The van der Waals surface area contributed by atoms with Crippen LogP contribution in [0, 0.1) is 11.3 Å². The van der Waals surface area contributed by atoms with Gasteiger partial charge in [-0.25, -0.2) is 4.98 Å². The van der Waals surface area contributed by atoms with E-state index in [1.54, 1.807) is 36.4 Å². The Morgan fingerprint density at radius 3 is 2.77 bits per heavy atom. The Morgan fingerprint density at radius 1 is 1.23 bits per heavy atom. The average Bonchev–Trinajstić information content (AvgIpc) is 2.70. The summed E-state index contributed by atoms with van der Waals surface area (Å²) in [6, 6.07) is 12.5. The van der Waals surface area contributed by atoms with E-state index in [2.05, 4.69) is 26.6 Å². The molecule has 7 nitrogen and oxygen atoms in total. The van der Waals surface area contributed by atoms with E-state index in [4.69, 9.17) is 10.00 Å². The van der Waals surface area contributed by atoms with Crippen molar-refractivity contribution in [3.8, 4) is 6.07 Å². The van der Waals surface area contributed by atoms with Gasteiger partial charge in [0, 0.05) is 32.4 Å². The molecular formula is C19H21N5O2. The number of para-hydroxylation sites is 1. The number of hydrogen-bond donors (Lipinski definition) is 2. The Hall–Kier alpha value is -2.95. The molecule has 3 rings (SSSR count). The Labute approximate surface area is 152 Å². The van der Waals surface area contributed by atoms with E-state index in [-0.39, 0.29) is 5.91 Å². The number of benzene rings is 1. The molecule has 1 fully saturated rings. The maximum absolute atomic E-state index is 12.3. The van der Waals surface area contributed by atoms with Gasteiger partial charge < -0.3 is 15.4 Å². The number of carbonyl (C=O) groups is 1. The lowest BCUT2D eigenvalue weighted by molar-refractivity contribution is 0.0398. The normalized spacial score (nSPS) is 14.4. The van der Waals surface area contributed by atoms with E-state index in [1.807, 2.05) is 0 Å². The van der Waals surface area contributed by atoms with Crippen LogP contribution in [0.3, 0.4) is 0 Å². The predicted molar refractivity (Wildman–Crippen MR) is 99.1 cm³/mol. The first-order chi connectivity index (χ1) is 12.8. The third-order valence-electron chi connectivity index (χ3n) is 4.16. The molecule has 1 saturated heterocycles. The number of nitriles is 1. The number of ether oxygens (including phenoxy) is 1. The van der Waals surface area contributed by atoms with Gasteiger partial charge >= 0.3 is 0 Å². The smallest absolute Gasteiger partial charge is 0.257 e. The van der Waals surface area contributed by atoms with E-state index in [1.165, 1.54) is 6.20 Å². The highest BCUT2D eigenvalue weighted by Crippen LogP contribution is 2.15. The second-order valence-electron chi connectivity index (χ2n) is 5.92. The molecule has 0 bridgehead atoms. The molecule has 0 aliphatic carbocycles. The van der Waals surface area contributed by atoms with Gasteiger partial charge in [0.2, 0.25) is 0 Å². The number of hydrogen-bond acceptors (Lipinski definition) is 6. The Kier molecular flexibility index (Phi) is 6.14. The predicted octanol–water partition coefficient (Wildman–Crippen LogP) is 1.95. The number of morpholine rings is 1. The van der Waals surface area contributed by atoms with Crippen molar-refractivity contribution in [1.29, 1.82) is 5.26 Å². The van der Waals surface area contributed by atoms with Crippen molar-refractivity contribution >= 4 is 17.4 Å². The van der Waals surface area contributed by atoms with Gasteiger partial charge in [-0.1, -0.05) is 12.1 Å². The summed E-state index contributed by atoms with van der Waals surface area (Å²) in [6.07, 6.45) is 1.53. The zero-order valence-corrected chi connectivity index (χ0v) is 14.4. The topological polar surface area (TPSA) is 90.3 Å². The fraction of sp³-hybridized carbons (Fsp3) is 0.316. The van der Waals surface area contributed by atoms with Crippen LogP contribution in [0.4, 0.5) is 11.5 Å². The number of amides is 1. The highest BCUT2D eigenvalue weighted by atomic mass is 16.5. The van der Waals surface area contributed by atoms with E-state index in [0.29, 0.717) is 16.8 Å². The van der Waals surface area contributed by atoms with Crippen LogP contribution in [0.25, 0.3) is 0 Å². The summed E-state index contributed by atoms with van der Waals surface area (Å²) in [5.41, 5.74) is 1.36. The van der Waals surface area contributed by atoms with Gasteiger partial charge in [-0.05, 0) is 24.3 Å². The second-order valence-corrected chi connectivity index (χ2v) is 5.92. The van der Waals surface area contributed by atoms with Gasteiger partial charge in [-0.15, -0.1) is 0 Å². The maximum Gasteiger partial charge on any atom is 0.257 e. The number of aromatic nitrogens is 1. The molecule has 0 radical (unpaired) electrons. The van der Waals surface area contributed by atoms with Crippen molar-refractivity contribution in [1.82, 2.24) is 9.88 Å². The van der Waals surface area contributed by atoms with Crippen LogP contribution in [-0.4, -0.2) is 55.2 Å². The number of nitrogens with one attached hydrogen (secondary N) is 2. The second kappa shape index (κ2) is 8.94. The molecule has 2 N–H and O–H groups in total. The van der Waals surface area contributed by atoms with Crippen molar-refractivity contribution in [2.24, 2.45) is 0 Å². The van der Waals surface area contributed by atoms with Crippen molar-refractivity contribution in [2.45, 2.75) is 0 Å². The quantitative estimate of drug-likeness (QED) is 0.827. The fourth-order valence-electron chi connectivity index (χ4n) is 2.68. The lowest BCUT2D eigenvalue weighted by Gasteiger charge is -2.26. The lowest BCUT2D eigenvalue weighted by Crippen LogP contribution is -2.39. The molecule has 0 saturated carbocycles. The number of anilines is 2. The first-order valence-electron chi connectivity index (χ1n) is 8.57. The summed E-state index contributed by atoms with van der Waals surface area (Å²) in [7, 11) is 0. The molecule has 1 aromatic carbocycles. The van der Waals surface area contributed by atoms with Crippen LogP contribution < -0.4 is 10.6 Å². The van der Waals surface area contributed by atoms with Gasteiger partial charge in [0.15, 0.2) is 0 Å². The first-order valence-corrected chi connectivity index (χ1v) is 8.57. The molecule has 0 atom stereocenters. The summed E-state index contributed by atoms with van der Waals surface area (Å²) in [4.78, 5) is 18.9. The summed E-state index contributed by atoms with van der Waals surface area (Å²) in [6.45, 7) is 5.21. The van der Waals surface area contributed by atoms with E-state index in [9.17, 15) is 4.79 Å². The average molecular weight is 351 g/mol. The molecule has 134 valence electrons. The summed E-state index contributed by atoms with van der Waals surface area (Å²) in [5.74, 6) is 0.437. The lowest BCUT2D eigenvalue weighted by atomic mass is 10.2. The van der Waals surface area contributed by atoms with E-state index >= 15 is 0 Å². The van der Waals surface area contributed by atoms with Crippen LogP contribution >= 0.6 is 0 Å². The van der Waals surface area contributed by atoms with E-state index in [0.717, 1.165) is 45.2 Å². The largest absolute Gasteiger partial charge is 0.379 e. The molecule has 1 aliphatic heterocycles. The Balaban J connectivity index is 1.52. The Bertz CT molecular complexity index is 779. The minimum absolute atomic E-state index is 0.292. The number of rotatable bonds is 6. The molecule has 1 aliphatic rings. The molecular weight excluding hydrogens is 330 g/mol. The number of pyridine rings is 1. The summed E-state index contributed by atoms with van der Waals surface area (Å²) >= 11 is 0. The number of carbonyl (C=O) groups excluding carboxylic acids is 1. The van der Waals surface area contributed by atoms with Crippen molar-refractivity contribution in [3.63, 3.8) is 0 Å². The fourth-order valence-corrected chi connectivity index (χ4v) is 2.68. The van der Waals surface area contributed by atoms with Crippen molar-refractivity contribution in [3.05, 3.63) is 53.7 Å². The van der Waals surface area contributed by atoms with Gasteiger partial charge in [-0.2, -0.15) is 5.26 Å². The highest BCUT2D eigenvalue weighted by molar-refractivity contribution is 6.04. The third kappa shape index (κ3) is 4.79. The van der Waals surface area contributed by atoms with Crippen molar-refractivity contribution < 1.29 is 9.53 Å². The molecule has 1 aromatic heterocycles. The standard InChI is InChI=1S/C19H21N5O2/c20-13-15-3-1-2-4-17(15)23-19(25)16-5-6-18(22-14-16)21-7-8-24-9-11-26-12-10-24/h1-6,14H,7-12H2,(H,21,22)(H,23,25). The zero-order valence-electron chi connectivity index (χ0n) is 14.4. The molecule has 0 spiro atoms. The SMILES string of the molecule is N#Cc1ccccc1NC(=O)c1ccc(NCCN2CCOCC2)nc1. The zero-order chi connectivity index (χ0) is 18.2. The van der Waals surface area contributed by atoms with Gasteiger partial charge in [-0.3, -0.25) is 9.69 Å².